The molecule has 132 valence electrons. The fourth-order valence-corrected chi connectivity index (χ4v) is 3.51. The Kier molecular flexibility index (Phi) is 3.79. The molecular weight excluding hydrogens is 330 g/mol. The zero-order chi connectivity index (χ0) is 17.3. The van der Waals surface area contributed by atoms with Crippen molar-refractivity contribution in [3.05, 3.63) is 60.6 Å². The lowest BCUT2D eigenvalue weighted by atomic mass is 9.97. The second kappa shape index (κ2) is 6.42. The Balaban J connectivity index is 1.27. The van der Waals surface area contributed by atoms with Crippen LogP contribution in [-0.2, 0) is 6.54 Å². The minimum Gasteiger partial charge on any atom is -0.468 e. The number of hydrogen-bond donors (Lipinski definition) is 0. The summed E-state index contributed by atoms with van der Waals surface area (Å²) in [5, 5.41) is 4.15. The molecule has 5 rings (SSSR count). The summed E-state index contributed by atoms with van der Waals surface area (Å²) in [4.78, 5) is 11.6. The summed E-state index contributed by atoms with van der Waals surface area (Å²) in [5.41, 5.74) is 1.61. The normalized spacial score (nSPS) is 16.5. The molecule has 7 nitrogen and oxygen atoms in total. The third-order valence-corrected chi connectivity index (χ3v) is 4.93. The van der Waals surface area contributed by atoms with Gasteiger partial charge in [-0.3, -0.25) is 4.90 Å². The minimum atomic E-state index is 0.307. The van der Waals surface area contributed by atoms with E-state index >= 15 is 0 Å². The van der Waals surface area contributed by atoms with Crippen LogP contribution in [0.2, 0.25) is 0 Å². The van der Waals surface area contributed by atoms with E-state index in [0.717, 1.165) is 55.5 Å². The fraction of sp³-hybridized carbons (Fsp3) is 0.316. The van der Waals surface area contributed by atoms with Crippen LogP contribution in [0.4, 0.5) is 0 Å². The monoisotopic (exact) mass is 349 g/mol. The van der Waals surface area contributed by atoms with Crippen LogP contribution in [0.25, 0.3) is 17.2 Å². The van der Waals surface area contributed by atoms with Gasteiger partial charge in [0.1, 0.15) is 17.1 Å². The molecule has 1 fully saturated rings. The van der Waals surface area contributed by atoms with Gasteiger partial charge in [0.05, 0.1) is 12.8 Å². The van der Waals surface area contributed by atoms with Crippen LogP contribution < -0.4 is 0 Å². The van der Waals surface area contributed by atoms with E-state index in [1.54, 1.807) is 6.26 Å². The van der Waals surface area contributed by atoms with Gasteiger partial charge >= 0.3 is 0 Å². The van der Waals surface area contributed by atoms with Crippen molar-refractivity contribution in [2.45, 2.75) is 25.3 Å². The summed E-state index contributed by atoms with van der Waals surface area (Å²) in [6, 6.07) is 9.84. The smallest absolute Gasteiger partial charge is 0.230 e. The summed E-state index contributed by atoms with van der Waals surface area (Å²) in [6.45, 7) is 2.85. The number of fused-ring (bicyclic) bond motifs is 1. The Morgan fingerprint density at radius 3 is 2.81 bits per heavy atom. The molecule has 0 amide bonds. The van der Waals surface area contributed by atoms with Crippen LogP contribution in [0.15, 0.2) is 57.9 Å². The molecule has 4 aromatic rings. The summed E-state index contributed by atoms with van der Waals surface area (Å²) < 4.78 is 12.9. The highest BCUT2D eigenvalue weighted by Crippen LogP contribution is 2.29. The van der Waals surface area contributed by atoms with Crippen LogP contribution >= 0.6 is 0 Å². The lowest BCUT2D eigenvalue weighted by Gasteiger charge is -2.29. The van der Waals surface area contributed by atoms with Crippen molar-refractivity contribution in [3.8, 4) is 11.5 Å². The van der Waals surface area contributed by atoms with Gasteiger partial charge in [0.25, 0.3) is 0 Å². The highest BCUT2D eigenvalue weighted by Gasteiger charge is 2.26. The van der Waals surface area contributed by atoms with Crippen molar-refractivity contribution in [3.63, 3.8) is 0 Å². The first-order valence-corrected chi connectivity index (χ1v) is 8.87. The number of pyridine rings is 1. The molecule has 0 radical (unpaired) electrons. The molecule has 1 aliphatic heterocycles. The van der Waals surface area contributed by atoms with Gasteiger partial charge in [-0.2, -0.15) is 4.98 Å². The molecule has 0 aliphatic carbocycles. The molecule has 0 N–H and O–H groups in total. The van der Waals surface area contributed by atoms with Crippen LogP contribution in [0.1, 0.15) is 30.4 Å². The number of hydrogen-bond acceptors (Lipinski definition) is 6. The first-order chi connectivity index (χ1) is 12.8. The molecule has 0 atom stereocenters. The predicted octanol–water partition coefficient (Wildman–Crippen LogP) is 3.36. The zero-order valence-corrected chi connectivity index (χ0v) is 14.3. The third-order valence-electron chi connectivity index (χ3n) is 4.93. The summed E-state index contributed by atoms with van der Waals surface area (Å²) >= 11 is 0. The number of aromatic nitrogens is 4. The van der Waals surface area contributed by atoms with E-state index in [-0.39, 0.29) is 0 Å². The number of imidazole rings is 1. The van der Waals surface area contributed by atoms with Gasteiger partial charge in [0.15, 0.2) is 0 Å². The summed E-state index contributed by atoms with van der Waals surface area (Å²) in [6.07, 6.45) is 7.62. The molecule has 0 saturated carbocycles. The molecular formula is C19H19N5O2. The molecule has 1 saturated heterocycles. The molecule has 26 heavy (non-hydrogen) atoms. The number of furan rings is 1. The van der Waals surface area contributed by atoms with E-state index in [9.17, 15) is 0 Å². The molecule has 4 aromatic heterocycles. The molecule has 0 bridgehead atoms. The van der Waals surface area contributed by atoms with Crippen LogP contribution in [0.5, 0.6) is 0 Å². The Labute approximate surface area is 150 Å². The van der Waals surface area contributed by atoms with Crippen molar-refractivity contribution in [2.75, 3.05) is 13.1 Å². The number of likely N-dealkylation sites (tertiary alicyclic amines) is 1. The van der Waals surface area contributed by atoms with Crippen molar-refractivity contribution in [1.29, 1.82) is 0 Å². The first kappa shape index (κ1) is 15.3. The lowest BCUT2D eigenvalue weighted by molar-refractivity contribution is 0.176. The third kappa shape index (κ3) is 2.90. The van der Waals surface area contributed by atoms with Crippen molar-refractivity contribution >= 4 is 5.65 Å². The van der Waals surface area contributed by atoms with Gasteiger partial charge in [-0.05, 0) is 50.2 Å². The molecule has 0 unspecified atom stereocenters. The molecule has 1 aliphatic rings. The summed E-state index contributed by atoms with van der Waals surface area (Å²) in [5.74, 6) is 2.59. The number of piperidine rings is 1. The number of nitrogens with zero attached hydrogens (tertiary/aromatic N) is 5. The van der Waals surface area contributed by atoms with Gasteiger partial charge < -0.3 is 13.3 Å². The Hall–Kier alpha value is -2.93. The van der Waals surface area contributed by atoms with Gasteiger partial charge in [-0.15, -0.1) is 0 Å². The summed E-state index contributed by atoms with van der Waals surface area (Å²) in [7, 11) is 0. The van der Waals surface area contributed by atoms with Crippen molar-refractivity contribution < 1.29 is 8.94 Å². The molecule has 7 heteroatoms. The average Bonchev–Trinajstić information content (AvgIpc) is 3.42. The van der Waals surface area contributed by atoms with E-state index < -0.39 is 0 Å². The predicted molar refractivity (Wildman–Crippen MR) is 94.4 cm³/mol. The van der Waals surface area contributed by atoms with E-state index in [2.05, 4.69) is 20.0 Å². The fourth-order valence-electron chi connectivity index (χ4n) is 3.51. The van der Waals surface area contributed by atoms with Gasteiger partial charge in [0, 0.05) is 18.3 Å². The van der Waals surface area contributed by atoms with Crippen LogP contribution in [0.3, 0.4) is 0 Å². The second-order valence-electron chi connectivity index (χ2n) is 6.68. The maximum atomic E-state index is 5.55. The number of rotatable bonds is 4. The van der Waals surface area contributed by atoms with E-state index in [1.807, 2.05) is 47.1 Å². The first-order valence-electron chi connectivity index (χ1n) is 8.87. The van der Waals surface area contributed by atoms with E-state index in [0.29, 0.717) is 11.7 Å². The molecule has 0 spiro atoms. The minimum absolute atomic E-state index is 0.307. The van der Waals surface area contributed by atoms with Gasteiger partial charge in [-0.25, -0.2) is 4.98 Å². The second-order valence-corrected chi connectivity index (χ2v) is 6.68. The van der Waals surface area contributed by atoms with Gasteiger partial charge in [0.2, 0.25) is 11.7 Å². The van der Waals surface area contributed by atoms with Crippen molar-refractivity contribution in [1.82, 2.24) is 24.4 Å². The van der Waals surface area contributed by atoms with Crippen LogP contribution in [-0.4, -0.2) is 37.5 Å². The highest BCUT2D eigenvalue weighted by atomic mass is 16.5. The maximum absolute atomic E-state index is 5.55. The van der Waals surface area contributed by atoms with Crippen LogP contribution in [0, 0.1) is 0 Å². The molecule has 0 aromatic carbocycles. The van der Waals surface area contributed by atoms with E-state index in [1.165, 1.54) is 0 Å². The average molecular weight is 349 g/mol. The van der Waals surface area contributed by atoms with Gasteiger partial charge in [-0.1, -0.05) is 11.2 Å². The van der Waals surface area contributed by atoms with Crippen molar-refractivity contribution in [2.24, 2.45) is 0 Å². The lowest BCUT2D eigenvalue weighted by Crippen LogP contribution is -2.32. The largest absolute Gasteiger partial charge is 0.468 e. The highest BCUT2D eigenvalue weighted by molar-refractivity contribution is 5.54. The quantitative estimate of drug-likeness (QED) is 0.562. The standard InChI is InChI=1S/C19H19N5O2/c1-2-8-24-13-16(20-17(24)5-1)18-21-19(26-22-18)14-6-9-23(10-7-14)12-15-4-3-11-25-15/h1-5,8,11,13-14H,6-7,9-10,12H2. The topological polar surface area (TPSA) is 72.6 Å². The Morgan fingerprint density at radius 2 is 2.00 bits per heavy atom. The SMILES string of the molecule is c1coc(CN2CCC(c3nc(-c4cn5ccccc5n4)no3)CC2)c1. The Bertz CT molecular complexity index is 963. The zero-order valence-electron chi connectivity index (χ0n) is 14.3. The van der Waals surface area contributed by atoms with E-state index in [4.69, 9.17) is 8.94 Å². The Morgan fingerprint density at radius 1 is 1.08 bits per heavy atom. The maximum Gasteiger partial charge on any atom is 0.230 e. The molecule has 5 heterocycles.